The fourth-order valence-corrected chi connectivity index (χ4v) is 4.41. The van der Waals surface area contributed by atoms with Crippen LogP contribution >= 0.6 is 11.8 Å². The summed E-state index contributed by atoms with van der Waals surface area (Å²) in [4.78, 5) is 3.87. The molecule has 0 spiro atoms. The van der Waals surface area contributed by atoms with Crippen molar-refractivity contribution in [1.29, 1.82) is 0 Å². The molecule has 6 atom stereocenters. The highest BCUT2D eigenvalue weighted by molar-refractivity contribution is 7.99. The zero-order valence-corrected chi connectivity index (χ0v) is 15.2. The van der Waals surface area contributed by atoms with Crippen molar-refractivity contribution < 1.29 is 19.3 Å². The third kappa shape index (κ3) is 3.96. The van der Waals surface area contributed by atoms with Crippen molar-refractivity contribution in [3.63, 3.8) is 0 Å². The van der Waals surface area contributed by atoms with Crippen molar-refractivity contribution in [3.8, 4) is 0 Å². The van der Waals surface area contributed by atoms with Crippen molar-refractivity contribution in [2.24, 2.45) is 5.11 Å². The Kier molecular flexibility index (Phi) is 5.63. The summed E-state index contributed by atoms with van der Waals surface area (Å²) < 4.78 is 17.9. The van der Waals surface area contributed by atoms with Crippen LogP contribution in [0.4, 0.5) is 0 Å². The average molecular weight is 385 g/mol. The zero-order chi connectivity index (χ0) is 18.6. The van der Waals surface area contributed by atoms with Gasteiger partial charge in [0.15, 0.2) is 6.29 Å². The number of aliphatic hydroxyl groups excluding tert-OH is 1. The van der Waals surface area contributed by atoms with Crippen molar-refractivity contribution in [1.82, 2.24) is 0 Å². The Hall–Kier alpha value is -2.06. The zero-order valence-electron chi connectivity index (χ0n) is 14.4. The minimum atomic E-state index is -0.990. The van der Waals surface area contributed by atoms with Crippen molar-refractivity contribution >= 4 is 11.8 Å². The van der Waals surface area contributed by atoms with Crippen LogP contribution in [0.15, 0.2) is 70.7 Å². The van der Waals surface area contributed by atoms with Crippen molar-refractivity contribution in [2.45, 2.75) is 41.0 Å². The van der Waals surface area contributed by atoms with Gasteiger partial charge in [-0.25, -0.2) is 0 Å². The summed E-state index contributed by atoms with van der Waals surface area (Å²) >= 11 is 1.41. The Morgan fingerprint density at radius 1 is 1.04 bits per heavy atom. The Balaban J connectivity index is 1.53. The molecule has 1 unspecified atom stereocenters. The first kappa shape index (κ1) is 18.3. The molecule has 140 valence electrons. The molecule has 0 amide bonds. The van der Waals surface area contributed by atoms with Gasteiger partial charge in [-0.1, -0.05) is 65.4 Å². The molecule has 0 aromatic heterocycles. The third-order valence-electron chi connectivity index (χ3n) is 4.59. The van der Waals surface area contributed by atoms with Gasteiger partial charge in [-0.15, -0.1) is 0 Å². The molecule has 4 rings (SSSR count). The smallest absolute Gasteiger partial charge is 0.184 e. The molecule has 2 fully saturated rings. The van der Waals surface area contributed by atoms with E-state index in [0.717, 1.165) is 10.5 Å². The van der Waals surface area contributed by atoms with Crippen molar-refractivity contribution in [3.05, 3.63) is 76.7 Å². The van der Waals surface area contributed by atoms with Crippen LogP contribution in [0, 0.1) is 0 Å². The quantitative estimate of drug-likeness (QED) is 0.492. The van der Waals surface area contributed by atoms with Crippen LogP contribution in [0.3, 0.4) is 0 Å². The first-order valence-electron chi connectivity index (χ1n) is 8.68. The highest BCUT2D eigenvalue weighted by Gasteiger charge is 2.49. The van der Waals surface area contributed by atoms with Gasteiger partial charge in [0, 0.05) is 15.4 Å². The van der Waals surface area contributed by atoms with E-state index >= 15 is 0 Å². The summed E-state index contributed by atoms with van der Waals surface area (Å²) in [5.41, 5.74) is 9.30. The Labute approximate surface area is 160 Å². The molecule has 1 N–H and O–H groups in total. The summed E-state index contributed by atoms with van der Waals surface area (Å²) in [5.74, 6) is 0. The first-order chi connectivity index (χ1) is 13.3. The maximum absolute atomic E-state index is 10.9. The molecule has 0 bridgehead atoms. The lowest BCUT2D eigenvalue weighted by Gasteiger charge is -2.46. The van der Waals surface area contributed by atoms with E-state index in [9.17, 15) is 5.11 Å². The van der Waals surface area contributed by atoms with Crippen LogP contribution in [0.1, 0.15) is 11.9 Å². The second kappa shape index (κ2) is 8.31. The number of ether oxygens (including phenoxy) is 3. The van der Waals surface area contributed by atoms with E-state index in [-0.39, 0.29) is 6.61 Å². The minimum absolute atomic E-state index is 0.288. The summed E-state index contributed by atoms with van der Waals surface area (Å²) in [5, 5.41) is 14.7. The minimum Gasteiger partial charge on any atom is -0.390 e. The Morgan fingerprint density at radius 3 is 2.44 bits per heavy atom. The molecule has 2 saturated heterocycles. The molecule has 2 aromatic rings. The van der Waals surface area contributed by atoms with Gasteiger partial charge in [0.2, 0.25) is 0 Å². The molecule has 7 nitrogen and oxygen atoms in total. The van der Waals surface area contributed by atoms with Gasteiger partial charge in [0.05, 0.1) is 12.7 Å². The lowest BCUT2D eigenvalue weighted by molar-refractivity contribution is -0.305. The van der Waals surface area contributed by atoms with Crippen LogP contribution in [-0.2, 0) is 14.2 Å². The number of fused-ring (bicyclic) bond motifs is 1. The summed E-state index contributed by atoms with van der Waals surface area (Å²) in [6.07, 6.45) is -2.65. The standard InChI is InChI=1S/C19H19N3O4S/c20-22-21-15-16(23)17-14(25-19(15)27-13-9-5-2-6-10-13)11-24-18(26-17)12-7-3-1-4-8-12/h1-10,14-19,23H,11H2/t14-,15-,16-,17-,18?,19-/m1/s1. The maximum Gasteiger partial charge on any atom is 0.184 e. The predicted octanol–water partition coefficient (Wildman–Crippen LogP) is 3.66. The molecule has 0 radical (unpaired) electrons. The number of azide groups is 1. The Morgan fingerprint density at radius 2 is 1.74 bits per heavy atom. The highest BCUT2D eigenvalue weighted by Crippen LogP contribution is 2.39. The number of benzene rings is 2. The highest BCUT2D eigenvalue weighted by atomic mass is 32.2. The van der Waals surface area contributed by atoms with Gasteiger partial charge >= 0.3 is 0 Å². The average Bonchev–Trinajstić information content (AvgIpc) is 2.72. The second-order valence-corrected chi connectivity index (χ2v) is 7.51. The van der Waals surface area contributed by atoms with Crippen molar-refractivity contribution in [2.75, 3.05) is 6.61 Å². The summed E-state index contributed by atoms with van der Waals surface area (Å²) in [7, 11) is 0. The summed E-state index contributed by atoms with van der Waals surface area (Å²) in [6, 6.07) is 18.4. The van der Waals surface area contributed by atoms with Crippen LogP contribution in [-0.4, -0.2) is 41.5 Å². The van der Waals surface area contributed by atoms with E-state index in [1.165, 1.54) is 11.8 Å². The van der Waals surface area contributed by atoms with Gasteiger partial charge in [-0.3, -0.25) is 0 Å². The number of aliphatic hydroxyl groups is 1. The second-order valence-electron chi connectivity index (χ2n) is 6.34. The molecule has 2 heterocycles. The van der Waals surface area contributed by atoms with Gasteiger partial charge in [-0.05, 0) is 17.7 Å². The molecule has 2 aromatic carbocycles. The number of rotatable bonds is 4. The van der Waals surface area contributed by atoms with E-state index in [0.29, 0.717) is 0 Å². The molecule has 0 aliphatic carbocycles. The molecular formula is C19H19N3O4S. The van der Waals surface area contributed by atoms with Gasteiger partial charge in [0.1, 0.15) is 23.7 Å². The predicted molar refractivity (Wildman–Crippen MR) is 99.9 cm³/mol. The van der Waals surface area contributed by atoms with Gasteiger partial charge < -0.3 is 19.3 Å². The monoisotopic (exact) mass is 385 g/mol. The fraction of sp³-hybridized carbons (Fsp3) is 0.368. The topological polar surface area (TPSA) is 96.7 Å². The summed E-state index contributed by atoms with van der Waals surface area (Å²) in [6.45, 7) is 0.288. The van der Waals surface area contributed by atoms with Gasteiger partial charge in [-0.2, -0.15) is 0 Å². The van der Waals surface area contributed by atoms with E-state index in [1.54, 1.807) is 0 Å². The van der Waals surface area contributed by atoms with E-state index < -0.39 is 36.1 Å². The van der Waals surface area contributed by atoms with Crippen LogP contribution in [0.5, 0.6) is 0 Å². The van der Waals surface area contributed by atoms with Gasteiger partial charge in [0.25, 0.3) is 0 Å². The normalized spacial score (nSPS) is 32.9. The van der Waals surface area contributed by atoms with E-state index in [1.807, 2.05) is 60.7 Å². The number of hydrogen-bond acceptors (Lipinski definition) is 6. The molecule has 0 saturated carbocycles. The lowest BCUT2D eigenvalue weighted by atomic mass is 9.97. The molecular weight excluding hydrogens is 366 g/mol. The van der Waals surface area contributed by atoms with E-state index in [4.69, 9.17) is 19.7 Å². The maximum atomic E-state index is 10.9. The van der Waals surface area contributed by atoms with Crippen LogP contribution in [0.2, 0.25) is 0 Å². The molecule has 27 heavy (non-hydrogen) atoms. The molecule has 8 heteroatoms. The fourth-order valence-electron chi connectivity index (χ4n) is 3.27. The Bertz CT molecular complexity index is 803. The first-order valence-corrected chi connectivity index (χ1v) is 9.55. The van der Waals surface area contributed by atoms with Crippen LogP contribution < -0.4 is 0 Å². The van der Waals surface area contributed by atoms with Crippen LogP contribution in [0.25, 0.3) is 10.4 Å². The third-order valence-corrected chi connectivity index (χ3v) is 5.75. The number of hydrogen-bond donors (Lipinski definition) is 1. The SMILES string of the molecule is [N-]=[N+]=N[C@@H]1[C@@H](O)[C@@H]2OC(c3ccccc3)OC[C@H]2O[C@@H]1Sc1ccccc1. The van der Waals surface area contributed by atoms with E-state index in [2.05, 4.69) is 10.0 Å². The number of thioether (sulfide) groups is 1. The molecule has 2 aliphatic rings. The molecule has 2 aliphatic heterocycles. The number of nitrogens with zero attached hydrogens (tertiary/aromatic N) is 3. The largest absolute Gasteiger partial charge is 0.390 e. The lowest BCUT2D eigenvalue weighted by Crippen LogP contribution is -2.60.